The minimum atomic E-state index is 0.557. The Kier molecular flexibility index (Phi) is 3.56. The van der Waals surface area contributed by atoms with Crippen LogP contribution in [0.2, 0.25) is 0 Å². The van der Waals surface area contributed by atoms with E-state index >= 15 is 0 Å². The van der Waals surface area contributed by atoms with Crippen molar-refractivity contribution in [2.45, 2.75) is 45.8 Å². The molecule has 0 bridgehead atoms. The average Bonchev–Trinajstić information content (AvgIpc) is 2.83. The molecule has 5 heteroatoms. The molecule has 1 N–H and O–H groups in total. The van der Waals surface area contributed by atoms with E-state index < -0.39 is 0 Å². The van der Waals surface area contributed by atoms with Crippen LogP contribution in [0.25, 0.3) is 0 Å². The first-order valence-electron chi connectivity index (χ1n) is 5.92. The second-order valence-electron chi connectivity index (χ2n) is 4.68. The van der Waals surface area contributed by atoms with E-state index in [4.69, 9.17) is 4.52 Å². The number of hydrogen-bond acceptors (Lipinski definition) is 5. The topological polar surface area (TPSA) is 54.2 Å². The summed E-state index contributed by atoms with van der Waals surface area (Å²) in [4.78, 5) is 6.66. The first kappa shape index (κ1) is 11.5. The smallest absolute Gasteiger partial charge is 0.223 e. The first-order chi connectivity index (χ1) is 7.65. The van der Waals surface area contributed by atoms with Gasteiger partial charge in [-0.25, -0.2) is 0 Å². The molecule has 90 valence electrons. The summed E-state index contributed by atoms with van der Waals surface area (Å²) < 4.78 is 4.93. The van der Waals surface area contributed by atoms with Crippen molar-refractivity contribution in [2.24, 2.45) is 0 Å². The lowest BCUT2D eigenvalue weighted by Crippen LogP contribution is -2.35. The third-order valence-electron chi connectivity index (χ3n) is 3.07. The minimum absolute atomic E-state index is 0.557. The van der Waals surface area contributed by atoms with Gasteiger partial charge in [-0.2, -0.15) is 4.98 Å². The lowest BCUT2D eigenvalue weighted by atomic mass is 10.2. The Morgan fingerprint density at radius 2 is 2.38 bits per heavy atom. The molecular weight excluding hydrogens is 204 g/mol. The molecule has 1 aromatic heterocycles. The number of aromatic nitrogens is 2. The molecule has 0 spiro atoms. The molecule has 0 saturated carbocycles. The van der Waals surface area contributed by atoms with Crippen LogP contribution in [-0.4, -0.2) is 40.2 Å². The Balaban J connectivity index is 1.75. The van der Waals surface area contributed by atoms with Crippen LogP contribution in [-0.2, 0) is 6.54 Å². The summed E-state index contributed by atoms with van der Waals surface area (Å²) in [5.74, 6) is 1.38. The molecule has 2 heterocycles. The maximum absolute atomic E-state index is 4.93. The third kappa shape index (κ3) is 2.80. The fourth-order valence-corrected chi connectivity index (χ4v) is 2.07. The maximum atomic E-state index is 4.93. The Morgan fingerprint density at radius 3 is 2.94 bits per heavy atom. The molecule has 0 aliphatic carbocycles. The van der Waals surface area contributed by atoms with E-state index in [1.165, 1.54) is 13.0 Å². The standard InChI is InChI=1S/C11H20N4O/c1-8(2)15-5-4-10(7-15)12-6-11-13-9(3)16-14-11/h8,10,12H,4-7H2,1-3H3. The van der Waals surface area contributed by atoms with Crippen LogP contribution < -0.4 is 5.32 Å². The maximum Gasteiger partial charge on any atom is 0.223 e. The summed E-state index contributed by atoms with van der Waals surface area (Å²) >= 11 is 0. The predicted molar refractivity (Wildman–Crippen MR) is 61.0 cm³/mol. The van der Waals surface area contributed by atoms with Crippen molar-refractivity contribution in [2.75, 3.05) is 13.1 Å². The monoisotopic (exact) mass is 224 g/mol. The normalized spacial score (nSPS) is 22.1. The summed E-state index contributed by atoms with van der Waals surface area (Å²) in [6.45, 7) is 9.30. The molecule has 0 aromatic carbocycles. The Morgan fingerprint density at radius 1 is 1.56 bits per heavy atom. The van der Waals surface area contributed by atoms with Gasteiger partial charge >= 0.3 is 0 Å². The van der Waals surface area contributed by atoms with E-state index in [-0.39, 0.29) is 0 Å². The average molecular weight is 224 g/mol. The van der Waals surface area contributed by atoms with Gasteiger partial charge in [-0.1, -0.05) is 5.16 Å². The second kappa shape index (κ2) is 4.93. The van der Waals surface area contributed by atoms with Gasteiger partial charge in [0.2, 0.25) is 5.89 Å². The van der Waals surface area contributed by atoms with Gasteiger partial charge in [-0.3, -0.25) is 4.90 Å². The van der Waals surface area contributed by atoms with Crippen LogP contribution in [0.5, 0.6) is 0 Å². The van der Waals surface area contributed by atoms with Gasteiger partial charge in [0.25, 0.3) is 0 Å². The highest BCUT2D eigenvalue weighted by atomic mass is 16.5. The number of nitrogens with one attached hydrogen (secondary N) is 1. The predicted octanol–water partition coefficient (Wildman–Crippen LogP) is 0.950. The lowest BCUT2D eigenvalue weighted by Gasteiger charge is -2.20. The van der Waals surface area contributed by atoms with Crippen LogP contribution in [0.3, 0.4) is 0 Å². The highest BCUT2D eigenvalue weighted by Gasteiger charge is 2.23. The molecule has 1 aliphatic heterocycles. The van der Waals surface area contributed by atoms with Crippen LogP contribution in [0, 0.1) is 6.92 Å². The fourth-order valence-electron chi connectivity index (χ4n) is 2.07. The van der Waals surface area contributed by atoms with Gasteiger partial charge in [0.05, 0.1) is 6.54 Å². The molecule has 1 fully saturated rings. The van der Waals surface area contributed by atoms with Crippen LogP contribution in [0.1, 0.15) is 32.0 Å². The molecule has 0 radical (unpaired) electrons. The largest absolute Gasteiger partial charge is 0.340 e. The van der Waals surface area contributed by atoms with Gasteiger partial charge in [0, 0.05) is 25.6 Å². The number of likely N-dealkylation sites (tertiary alicyclic amines) is 1. The molecule has 1 atom stereocenters. The van der Waals surface area contributed by atoms with Crippen molar-refractivity contribution in [1.82, 2.24) is 20.4 Å². The summed E-state index contributed by atoms with van der Waals surface area (Å²) in [7, 11) is 0. The number of aryl methyl sites for hydroxylation is 1. The molecule has 16 heavy (non-hydrogen) atoms. The Bertz CT molecular complexity index is 336. The highest BCUT2D eigenvalue weighted by Crippen LogP contribution is 2.12. The van der Waals surface area contributed by atoms with E-state index in [0.717, 1.165) is 12.4 Å². The Hall–Kier alpha value is -0.940. The van der Waals surface area contributed by atoms with E-state index in [1.54, 1.807) is 0 Å². The first-order valence-corrected chi connectivity index (χ1v) is 5.92. The van der Waals surface area contributed by atoms with Crippen molar-refractivity contribution in [3.05, 3.63) is 11.7 Å². The molecule has 2 rings (SSSR count). The molecule has 1 aliphatic rings. The van der Waals surface area contributed by atoms with Crippen molar-refractivity contribution >= 4 is 0 Å². The van der Waals surface area contributed by atoms with Crippen LogP contribution >= 0.6 is 0 Å². The van der Waals surface area contributed by atoms with Crippen molar-refractivity contribution in [1.29, 1.82) is 0 Å². The zero-order valence-corrected chi connectivity index (χ0v) is 10.2. The number of hydrogen-bond donors (Lipinski definition) is 1. The number of nitrogens with zero attached hydrogens (tertiary/aromatic N) is 3. The van der Waals surface area contributed by atoms with Gasteiger partial charge < -0.3 is 9.84 Å². The van der Waals surface area contributed by atoms with Crippen molar-refractivity contribution < 1.29 is 4.52 Å². The van der Waals surface area contributed by atoms with Gasteiger partial charge in [-0.05, 0) is 26.8 Å². The van der Waals surface area contributed by atoms with Gasteiger partial charge in [0.15, 0.2) is 5.82 Å². The molecular formula is C11H20N4O. The summed E-state index contributed by atoms with van der Waals surface area (Å²) in [5.41, 5.74) is 0. The number of rotatable bonds is 4. The molecule has 0 amide bonds. The quantitative estimate of drug-likeness (QED) is 0.825. The van der Waals surface area contributed by atoms with Gasteiger partial charge in [-0.15, -0.1) is 0 Å². The Labute approximate surface area is 96.2 Å². The SMILES string of the molecule is Cc1nc(CNC2CCN(C(C)C)C2)no1. The van der Waals surface area contributed by atoms with Gasteiger partial charge in [0.1, 0.15) is 0 Å². The minimum Gasteiger partial charge on any atom is -0.340 e. The highest BCUT2D eigenvalue weighted by molar-refractivity contribution is 4.87. The summed E-state index contributed by atoms with van der Waals surface area (Å²) in [5, 5.41) is 7.34. The van der Waals surface area contributed by atoms with Crippen molar-refractivity contribution in [3.8, 4) is 0 Å². The van der Waals surface area contributed by atoms with E-state index in [0.29, 0.717) is 24.5 Å². The zero-order chi connectivity index (χ0) is 11.5. The van der Waals surface area contributed by atoms with E-state index in [9.17, 15) is 0 Å². The van der Waals surface area contributed by atoms with E-state index in [2.05, 4.69) is 34.2 Å². The summed E-state index contributed by atoms with van der Waals surface area (Å²) in [6.07, 6.45) is 1.20. The van der Waals surface area contributed by atoms with Crippen LogP contribution in [0.15, 0.2) is 4.52 Å². The van der Waals surface area contributed by atoms with Crippen LogP contribution in [0.4, 0.5) is 0 Å². The molecule has 1 saturated heterocycles. The molecule has 5 nitrogen and oxygen atoms in total. The molecule has 1 unspecified atom stereocenters. The summed E-state index contributed by atoms with van der Waals surface area (Å²) in [6, 6.07) is 1.19. The zero-order valence-electron chi connectivity index (χ0n) is 10.2. The van der Waals surface area contributed by atoms with Crippen molar-refractivity contribution in [3.63, 3.8) is 0 Å². The fraction of sp³-hybridized carbons (Fsp3) is 0.818. The second-order valence-corrected chi connectivity index (χ2v) is 4.68. The lowest BCUT2D eigenvalue weighted by molar-refractivity contribution is 0.267. The molecule has 1 aromatic rings. The third-order valence-corrected chi connectivity index (χ3v) is 3.07. The van der Waals surface area contributed by atoms with E-state index in [1.807, 2.05) is 6.92 Å².